The van der Waals surface area contributed by atoms with Crippen LogP contribution in [-0.4, -0.2) is 20.3 Å². The molecule has 0 aliphatic carbocycles. The lowest BCUT2D eigenvalue weighted by Crippen LogP contribution is -2.28. The second kappa shape index (κ2) is 5.51. The SMILES string of the molecule is O=C(c1cccs1)n1cnn(-c2ccc(C(F)(F)F)cc2)c1=O. The fourth-order valence-corrected chi connectivity index (χ4v) is 2.59. The van der Waals surface area contributed by atoms with Gasteiger partial charge < -0.3 is 0 Å². The van der Waals surface area contributed by atoms with E-state index in [1.54, 1.807) is 17.5 Å². The van der Waals surface area contributed by atoms with Gasteiger partial charge in [0, 0.05) is 0 Å². The molecule has 0 saturated heterocycles. The number of carbonyl (C=O) groups excluding carboxylic acids is 1. The maximum Gasteiger partial charge on any atom is 0.416 e. The summed E-state index contributed by atoms with van der Waals surface area (Å²) in [5.41, 5.74) is -1.44. The van der Waals surface area contributed by atoms with Crippen molar-refractivity contribution < 1.29 is 18.0 Å². The molecular formula is C14H8F3N3O2S. The monoisotopic (exact) mass is 339 g/mol. The van der Waals surface area contributed by atoms with Gasteiger partial charge >= 0.3 is 11.9 Å². The largest absolute Gasteiger partial charge is 0.416 e. The second-order valence-electron chi connectivity index (χ2n) is 4.52. The third kappa shape index (κ3) is 2.82. The summed E-state index contributed by atoms with van der Waals surface area (Å²) in [7, 11) is 0. The lowest BCUT2D eigenvalue weighted by Gasteiger charge is -2.06. The fraction of sp³-hybridized carbons (Fsp3) is 0.0714. The minimum atomic E-state index is -4.46. The Hall–Kier alpha value is -2.68. The van der Waals surface area contributed by atoms with Crippen molar-refractivity contribution in [2.75, 3.05) is 0 Å². The van der Waals surface area contributed by atoms with Crippen LogP contribution in [0.3, 0.4) is 0 Å². The number of nitrogens with zero attached hydrogens (tertiary/aromatic N) is 3. The third-order valence-corrected chi connectivity index (χ3v) is 3.92. The highest BCUT2D eigenvalue weighted by molar-refractivity contribution is 7.12. The normalized spacial score (nSPS) is 11.6. The Morgan fingerprint density at radius 1 is 1.13 bits per heavy atom. The molecular weight excluding hydrogens is 331 g/mol. The number of aromatic nitrogens is 3. The fourth-order valence-electron chi connectivity index (χ4n) is 1.93. The predicted molar refractivity (Wildman–Crippen MR) is 76.9 cm³/mol. The average Bonchev–Trinajstić information content (AvgIpc) is 3.15. The molecule has 3 rings (SSSR count). The number of hydrogen-bond acceptors (Lipinski definition) is 4. The Morgan fingerprint density at radius 2 is 1.83 bits per heavy atom. The van der Waals surface area contributed by atoms with E-state index >= 15 is 0 Å². The topological polar surface area (TPSA) is 56.9 Å². The molecule has 0 spiro atoms. The first-order valence-corrected chi connectivity index (χ1v) is 7.18. The smallest absolute Gasteiger partial charge is 0.267 e. The summed E-state index contributed by atoms with van der Waals surface area (Å²) in [4.78, 5) is 24.7. The summed E-state index contributed by atoms with van der Waals surface area (Å²) in [6, 6.07) is 7.18. The van der Waals surface area contributed by atoms with Gasteiger partial charge in [-0.25, -0.2) is 9.36 Å². The van der Waals surface area contributed by atoms with E-state index in [2.05, 4.69) is 5.10 Å². The van der Waals surface area contributed by atoms with E-state index in [0.717, 1.165) is 39.8 Å². The quantitative estimate of drug-likeness (QED) is 0.721. The Bertz CT molecular complexity index is 893. The van der Waals surface area contributed by atoms with E-state index in [-0.39, 0.29) is 5.69 Å². The van der Waals surface area contributed by atoms with E-state index < -0.39 is 23.3 Å². The summed E-state index contributed by atoms with van der Waals surface area (Å²) >= 11 is 1.17. The molecule has 9 heteroatoms. The van der Waals surface area contributed by atoms with Gasteiger partial charge in [0.05, 0.1) is 16.1 Å². The molecule has 0 unspecified atom stereocenters. The standard InChI is InChI=1S/C14H8F3N3O2S/c15-14(16,17)9-3-5-10(6-4-9)20-13(22)19(8-18-20)12(21)11-2-1-7-23-11/h1-8H. The van der Waals surface area contributed by atoms with Crippen molar-refractivity contribution >= 4 is 17.2 Å². The van der Waals surface area contributed by atoms with Crippen LogP contribution < -0.4 is 5.69 Å². The second-order valence-corrected chi connectivity index (χ2v) is 5.47. The molecule has 0 fully saturated rings. The number of alkyl halides is 3. The van der Waals surface area contributed by atoms with Crippen molar-refractivity contribution in [1.29, 1.82) is 0 Å². The summed E-state index contributed by atoms with van der Waals surface area (Å²) in [5, 5.41) is 5.47. The first kappa shape index (κ1) is 15.2. The summed E-state index contributed by atoms with van der Waals surface area (Å²) in [6.07, 6.45) is -3.42. The number of carbonyl (C=O) groups is 1. The van der Waals surface area contributed by atoms with Crippen molar-refractivity contribution in [3.63, 3.8) is 0 Å². The minimum Gasteiger partial charge on any atom is -0.267 e. The van der Waals surface area contributed by atoms with E-state index in [9.17, 15) is 22.8 Å². The highest BCUT2D eigenvalue weighted by Crippen LogP contribution is 2.29. The molecule has 0 N–H and O–H groups in total. The van der Waals surface area contributed by atoms with Crippen molar-refractivity contribution in [1.82, 2.24) is 14.3 Å². The minimum absolute atomic E-state index is 0.140. The summed E-state index contributed by atoms with van der Waals surface area (Å²) in [5.74, 6) is -0.539. The zero-order chi connectivity index (χ0) is 16.6. The summed E-state index contributed by atoms with van der Waals surface area (Å²) in [6.45, 7) is 0. The number of hydrogen-bond donors (Lipinski definition) is 0. The first-order valence-electron chi connectivity index (χ1n) is 6.30. The Kier molecular flexibility index (Phi) is 3.64. The molecule has 0 radical (unpaired) electrons. The van der Waals surface area contributed by atoms with Crippen LogP contribution >= 0.6 is 11.3 Å². The van der Waals surface area contributed by atoms with Crippen molar-refractivity contribution in [3.8, 4) is 5.69 Å². The maximum absolute atomic E-state index is 12.5. The molecule has 1 aromatic carbocycles. The van der Waals surface area contributed by atoms with Crippen LogP contribution in [0, 0.1) is 0 Å². The molecule has 0 aliphatic heterocycles. The zero-order valence-corrected chi connectivity index (χ0v) is 12.1. The van der Waals surface area contributed by atoms with Crippen molar-refractivity contribution in [2.24, 2.45) is 0 Å². The molecule has 2 aromatic heterocycles. The molecule has 0 atom stereocenters. The van der Waals surface area contributed by atoms with Crippen LogP contribution in [0.4, 0.5) is 13.2 Å². The first-order chi connectivity index (χ1) is 10.9. The van der Waals surface area contributed by atoms with Gasteiger partial charge in [-0.2, -0.15) is 23.0 Å². The number of halogens is 3. The predicted octanol–water partition coefficient (Wildman–Crippen LogP) is 2.80. The van der Waals surface area contributed by atoms with Crippen molar-refractivity contribution in [2.45, 2.75) is 6.18 Å². The van der Waals surface area contributed by atoms with Gasteiger partial charge in [0.15, 0.2) is 0 Å². The van der Waals surface area contributed by atoms with Gasteiger partial charge in [0.2, 0.25) is 0 Å². The molecule has 5 nitrogen and oxygen atoms in total. The van der Waals surface area contributed by atoms with Gasteiger partial charge in [0.25, 0.3) is 5.91 Å². The molecule has 0 bridgehead atoms. The molecule has 2 heterocycles. The van der Waals surface area contributed by atoms with Crippen LogP contribution in [0.1, 0.15) is 15.2 Å². The van der Waals surface area contributed by atoms with Crippen LogP contribution in [0.5, 0.6) is 0 Å². The van der Waals surface area contributed by atoms with Gasteiger partial charge in [-0.1, -0.05) is 6.07 Å². The van der Waals surface area contributed by atoms with Crippen LogP contribution in [0.25, 0.3) is 5.69 Å². The summed E-state index contributed by atoms with van der Waals surface area (Å²) < 4.78 is 39.3. The highest BCUT2D eigenvalue weighted by atomic mass is 32.1. The Morgan fingerprint density at radius 3 is 2.39 bits per heavy atom. The maximum atomic E-state index is 12.5. The highest BCUT2D eigenvalue weighted by Gasteiger charge is 2.30. The molecule has 23 heavy (non-hydrogen) atoms. The molecule has 0 aliphatic rings. The van der Waals surface area contributed by atoms with Crippen LogP contribution in [0.15, 0.2) is 52.9 Å². The third-order valence-electron chi connectivity index (χ3n) is 3.06. The van der Waals surface area contributed by atoms with Gasteiger partial charge in [-0.15, -0.1) is 11.3 Å². The van der Waals surface area contributed by atoms with E-state index in [0.29, 0.717) is 4.88 Å². The van der Waals surface area contributed by atoms with Crippen LogP contribution in [-0.2, 0) is 6.18 Å². The van der Waals surface area contributed by atoms with E-state index in [1.165, 1.54) is 11.3 Å². The lowest BCUT2D eigenvalue weighted by molar-refractivity contribution is -0.137. The molecule has 3 aromatic rings. The van der Waals surface area contributed by atoms with Crippen molar-refractivity contribution in [3.05, 3.63) is 69.0 Å². The zero-order valence-electron chi connectivity index (χ0n) is 11.3. The van der Waals surface area contributed by atoms with E-state index in [4.69, 9.17) is 0 Å². The van der Waals surface area contributed by atoms with Crippen LogP contribution in [0.2, 0.25) is 0 Å². The Labute approximate surface area is 131 Å². The number of benzene rings is 1. The molecule has 118 valence electrons. The Balaban J connectivity index is 1.96. The molecule has 0 saturated carbocycles. The van der Waals surface area contributed by atoms with Gasteiger partial charge in [-0.05, 0) is 35.7 Å². The van der Waals surface area contributed by atoms with Gasteiger partial charge in [-0.3, -0.25) is 4.79 Å². The number of rotatable bonds is 2. The molecule has 0 amide bonds. The number of thiophene rings is 1. The van der Waals surface area contributed by atoms with E-state index in [1.807, 2.05) is 0 Å². The van der Waals surface area contributed by atoms with Gasteiger partial charge in [0.1, 0.15) is 6.33 Å². The average molecular weight is 339 g/mol. The lowest BCUT2D eigenvalue weighted by atomic mass is 10.2.